The molecule has 3 rings (SSSR count). The van der Waals surface area contributed by atoms with Gasteiger partial charge in [-0.25, -0.2) is 16.8 Å². The SMILES string of the molecule is C1CCC(P(C2CCCCC2)C2CCCCC2)CC1.O=S(=O)([O-])C(F)(F)F.O=S(=O)([O-])C(F)(F)F.[Ni+2]. The van der Waals surface area contributed by atoms with E-state index >= 15 is 0 Å². The Bertz CT molecular complexity index is 736. The minimum atomic E-state index is -6.09. The zero-order valence-corrected chi connectivity index (χ0v) is 23.2. The Morgan fingerprint density at radius 3 is 0.806 bits per heavy atom. The van der Waals surface area contributed by atoms with Crippen LogP contribution in [0.1, 0.15) is 96.3 Å². The summed E-state index contributed by atoms with van der Waals surface area (Å²) in [5, 5.41) is 0. The number of hydrogen-bond donors (Lipinski definition) is 0. The van der Waals surface area contributed by atoms with E-state index in [0.717, 1.165) is 0 Å². The van der Waals surface area contributed by atoms with Crippen LogP contribution in [0.2, 0.25) is 0 Å². The molecule has 6 nitrogen and oxygen atoms in total. The monoisotopic (exact) mass is 636 g/mol. The van der Waals surface area contributed by atoms with Crippen LogP contribution >= 0.6 is 7.92 Å². The third-order valence-electron chi connectivity index (χ3n) is 6.56. The van der Waals surface area contributed by atoms with E-state index in [2.05, 4.69) is 0 Å². The fourth-order valence-corrected chi connectivity index (χ4v) is 9.71. The van der Waals surface area contributed by atoms with Gasteiger partial charge in [0.2, 0.25) is 0 Å². The van der Waals surface area contributed by atoms with Crippen molar-refractivity contribution >= 4 is 28.2 Å². The maximum absolute atomic E-state index is 10.7. The number of hydrogen-bond acceptors (Lipinski definition) is 6. The topological polar surface area (TPSA) is 114 Å². The van der Waals surface area contributed by atoms with Gasteiger partial charge >= 0.3 is 27.5 Å². The summed E-state index contributed by atoms with van der Waals surface area (Å²) in [7, 11) is -11.8. The summed E-state index contributed by atoms with van der Waals surface area (Å²) in [5.74, 6) is 0. The van der Waals surface area contributed by atoms with E-state index in [1.165, 1.54) is 36.2 Å². The minimum absolute atomic E-state index is 0. The quantitative estimate of drug-likeness (QED) is 0.114. The second-order valence-corrected chi connectivity index (χ2v) is 15.0. The molecule has 0 saturated heterocycles. The van der Waals surface area contributed by atoms with E-state index < -0.39 is 31.3 Å². The predicted octanol–water partition coefficient (Wildman–Crippen LogP) is 6.57. The van der Waals surface area contributed by atoms with Gasteiger partial charge in [0.05, 0.1) is 0 Å². The zero-order valence-electron chi connectivity index (χ0n) is 19.6. The minimum Gasteiger partial charge on any atom is -0.741 e. The van der Waals surface area contributed by atoms with Gasteiger partial charge in [0, 0.05) is 0 Å². The first-order chi connectivity index (χ1) is 15.9. The van der Waals surface area contributed by atoms with Crippen molar-refractivity contribution in [2.24, 2.45) is 0 Å². The average Bonchev–Trinajstić information content (AvgIpc) is 2.74. The first kappa shape index (κ1) is 36.3. The van der Waals surface area contributed by atoms with Gasteiger partial charge in [0.25, 0.3) is 0 Å². The molecule has 0 aliphatic heterocycles. The molecule has 0 unspecified atom stereocenters. The van der Waals surface area contributed by atoms with Crippen LogP contribution in [-0.4, -0.2) is 53.9 Å². The molecule has 0 radical (unpaired) electrons. The molecule has 3 fully saturated rings. The number of alkyl halides is 6. The largest absolute Gasteiger partial charge is 2.00 e. The summed E-state index contributed by atoms with van der Waals surface area (Å²) in [5.41, 5.74) is -7.72. The molecule has 0 heterocycles. The van der Waals surface area contributed by atoms with Crippen molar-refractivity contribution in [3.63, 3.8) is 0 Å². The van der Waals surface area contributed by atoms with Crippen molar-refractivity contribution in [2.45, 2.75) is 124 Å². The Labute approximate surface area is 220 Å². The Kier molecular flexibility index (Phi) is 15.9. The van der Waals surface area contributed by atoms with Gasteiger partial charge < -0.3 is 9.11 Å². The summed E-state index contributed by atoms with van der Waals surface area (Å²) in [6, 6.07) is 0. The molecule has 0 spiro atoms. The maximum Gasteiger partial charge on any atom is 2.00 e. The van der Waals surface area contributed by atoms with Crippen LogP contribution in [0, 0.1) is 0 Å². The Balaban J connectivity index is 0.000000607. The standard InChI is InChI=1S/C18H33P.2CHF3O3S.Ni/c1-4-10-16(11-5-1)19(17-12-6-2-7-13-17)18-14-8-3-9-15-18;2*2-1(3,4)8(5,6)7;/h16-18H,1-15H2;2*(H,5,6,7);/q;;;+2/p-2. The molecular formula is C20H33F6NiO6PS2. The van der Waals surface area contributed by atoms with Crippen molar-refractivity contribution in [1.82, 2.24) is 0 Å². The van der Waals surface area contributed by atoms with Crippen molar-refractivity contribution in [3.05, 3.63) is 0 Å². The molecule has 16 heteroatoms. The molecule has 0 atom stereocenters. The van der Waals surface area contributed by atoms with Crippen molar-refractivity contribution in [3.8, 4) is 0 Å². The molecule has 0 bridgehead atoms. The molecule has 0 aromatic heterocycles. The van der Waals surface area contributed by atoms with Gasteiger partial charge in [-0.05, 0) is 55.5 Å². The Morgan fingerprint density at radius 2 is 0.667 bits per heavy atom. The molecule has 3 aliphatic carbocycles. The molecule has 36 heavy (non-hydrogen) atoms. The first-order valence-electron chi connectivity index (χ1n) is 11.8. The van der Waals surface area contributed by atoms with Crippen LogP contribution in [-0.2, 0) is 36.7 Å². The normalized spacial score (nSPS) is 21.5. The second kappa shape index (κ2) is 15.8. The van der Waals surface area contributed by atoms with Crippen LogP contribution < -0.4 is 0 Å². The third-order valence-corrected chi connectivity index (χ3v) is 11.8. The van der Waals surface area contributed by atoms with Gasteiger partial charge in [0.1, 0.15) is 0 Å². The van der Waals surface area contributed by atoms with Gasteiger partial charge in [-0.15, -0.1) is 0 Å². The van der Waals surface area contributed by atoms with E-state index in [4.69, 9.17) is 25.9 Å². The smallest absolute Gasteiger partial charge is 0.741 e. The van der Waals surface area contributed by atoms with E-state index in [1.807, 2.05) is 0 Å². The average molecular weight is 637 g/mol. The molecular weight excluding hydrogens is 604 g/mol. The van der Waals surface area contributed by atoms with E-state index in [0.29, 0.717) is 7.92 Å². The van der Waals surface area contributed by atoms with Crippen LogP contribution in [0.25, 0.3) is 0 Å². The summed E-state index contributed by atoms with van der Waals surface area (Å²) in [6.07, 6.45) is 23.6. The van der Waals surface area contributed by atoms with Gasteiger partial charge in [0.15, 0.2) is 20.2 Å². The first-order valence-corrected chi connectivity index (χ1v) is 16.1. The number of rotatable bonds is 3. The number of halogens is 6. The van der Waals surface area contributed by atoms with Crippen molar-refractivity contribution in [2.75, 3.05) is 0 Å². The molecule has 0 amide bonds. The summed E-state index contributed by atoms with van der Waals surface area (Å²) in [4.78, 5) is 0. The molecule has 3 saturated carbocycles. The molecule has 0 N–H and O–H groups in total. The van der Waals surface area contributed by atoms with Gasteiger partial charge in [-0.1, -0.05) is 65.7 Å². The second-order valence-electron chi connectivity index (χ2n) is 9.12. The Hall–Kier alpha value is 0.324. The summed E-state index contributed by atoms with van der Waals surface area (Å²) < 4.78 is 118. The van der Waals surface area contributed by atoms with Crippen LogP contribution in [0.3, 0.4) is 0 Å². The van der Waals surface area contributed by atoms with Gasteiger partial charge in [-0.3, -0.25) is 0 Å². The molecule has 3 aliphatic rings. The van der Waals surface area contributed by atoms with E-state index in [9.17, 15) is 26.3 Å². The molecule has 0 aromatic carbocycles. The summed E-state index contributed by atoms with van der Waals surface area (Å²) in [6.45, 7) is 0. The zero-order chi connectivity index (χ0) is 26.9. The predicted molar refractivity (Wildman–Crippen MR) is 119 cm³/mol. The van der Waals surface area contributed by atoms with Gasteiger partial charge in [-0.2, -0.15) is 26.3 Å². The Morgan fingerprint density at radius 1 is 0.500 bits per heavy atom. The fourth-order valence-electron chi connectivity index (χ4n) is 5.03. The summed E-state index contributed by atoms with van der Waals surface area (Å²) >= 11 is 0. The van der Waals surface area contributed by atoms with E-state index in [1.54, 1.807) is 77.0 Å². The van der Waals surface area contributed by atoms with Crippen LogP contribution in [0.5, 0.6) is 0 Å². The third kappa shape index (κ3) is 12.9. The molecule has 0 aromatic rings. The maximum atomic E-state index is 10.7. The van der Waals surface area contributed by atoms with Crippen LogP contribution in [0.15, 0.2) is 0 Å². The van der Waals surface area contributed by atoms with Crippen molar-refractivity contribution < 1.29 is 68.8 Å². The van der Waals surface area contributed by atoms with E-state index in [-0.39, 0.29) is 16.5 Å². The fraction of sp³-hybridized carbons (Fsp3) is 1.00. The van der Waals surface area contributed by atoms with Crippen molar-refractivity contribution in [1.29, 1.82) is 0 Å². The van der Waals surface area contributed by atoms with Crippen LogP contribution in [0.4, 0.5) is 26.3 Å². The molecule has 218 valence electrons.